The number of carbonyl (C=O) groups is 1. The van der Waals surface area contributed by atoms with Crippen molar-refractivity contribution in [1.29, 1.82) is 0 Å². The Balaban J connectivity index is 2.55. The van der Waals surface area contributed by atoms with Crippen LogP contribution in [0.5, 0.6) is 0 Å². The van der Waals surface area contributed by atoms with E-state index in [9.17, 15) is 4.79 Å². The Kier molecular flexibility index (Phi) is 4.99. The van der Waals surface area contributed by atoms with Gasteiger partial charge >= 0.3 is 0 Å². The number of rotatable bonds is 3. The highest BCUT2D eigenvalue weighted by molar-refractivity contribution is 5.76. The zero-order chi connectivity index (χ0) is 10.4. The topological polar surface area (TPSA) is 20.3 Å². The second-order valence-electron chi connectivity index (χ2n) is 4.25. The van der Waals surface area contributed by atoms with Crippen LogP contribution < -0.4 is 0 Å². The maximum Gasteiger partial charge on any atom is 0.222 e. The van der Waals surface area contributed by atoms with Gasteiger partial charge in [-0.1, -0.05) is 26.7 Å². The monoisotopic (exact) mass is 197 g/mol. The Bertz CT molecular complexity index is 179. The second-order valence-corrected chi connectivity index (χ2v) is 4.25. The molecule has 0 bridgehead atoms. The van der Waals surface area contributed by atoms with Crippen LogP contribution in [0.25, 0.3) is 0 Å². The SMILES string of the molecule is CCCC(=O)N1CCCCCC1CC. The summed E-state index contributed by atoms with van der Waals surface area (Å²) in [6.07, 6.45) is 7.84. The van der Waals surface area contributed by atoms with Crippen molar-refractivity contribution in [3.05, 3.63) is 0 Å². The van der Waals surface area contributed by atoms with Crippen molar-refractivity contribution in [3.63, 3.8) is 0 Å². The molecule has 1 unspecified atom stereocenters. The van der Waals surface area contributed by atoms with Gasteiger partial charge in [0, 0.05) is 19.0 Å². The lowest BCUT2D eigenvalue weighted by molar-refractivity contribution is -0.133. The molecule has 1 rings (SSSR count). The molecular formula is C12H23NO. The molecule has 0 aliphatic carbocycles. The molecule has 0 aromatic heterocycles. The van der Waals surface area contributed by atoms with Gasteiger partial charge in [-0.05, 0) is 25.7 Å². The van der Waals surface area contributed by atoms with Crippen molar-refractivity contribution >= 4 is 5.91 Å². The molecule has 0 N–H and O–H groups in total. The molecule has 1 aliphatic heterocycles. The summed E-state index contributed by atoms with van der Waals surface area (Å²) in [6.45, 7) is 5.27. The van der Waals surface area contributed by atoms with E-state index in [1.807, 2.05) is 0 Å². The van der Waals surface area contributed by atoms with Crippen LogP contribution >= 0.6 is 0 Å². The highest BCUT2D eigenvalue weighted by Crippen LogP contribution is 2.20. The second kappa shape index (κ2) is 6.05. The fourth-order valence-electron chi connectivity index (χ4n) is 2.29. The summed E-state index contributed by atoms with van der Waals surface area (Å²) in [7, 11) is 0. The van der Waals surface area contributed by atoms with Gasteiger partial charge in [0.1, 0.15) is 0 Å². The molecule has 2 heteroatoms. The maximum absolute atomic E-state index is 11.8. The summed E-state index contributed by atoms with van der Waals surface area (Å²) in [4.78, 5) is 14.0. The molecule has 14 heavy (non-hydrogen) atoms. The molecule has 0 saturated carbocycles. The van der Waals surface area contributed by atoms with E-state index in [1.54, 1.807) is 0 Å². The van der Waals surface area contributed by atoms with Crippen molar-refractivity contribution in [3.8, 4) is 0 Å². The molecule has 1 atom stereocenters. The van der Waals surface area contributed by atoms with Gasteiger partial charge in [-0.15, -0.1) is 0 Å². The van der Waals surface area contributed by atoms with Crippen LogP contribution in [0, 0.1) is 0 Å². The number of hydrogen-bond acceptors (Lipinski definition) is 1. The lowest BCUT2D eigenvalue weighted by Crippen LogP contribution is -2.39. The van der Waals surface area contributed by atoms with Crippen LogP contribution in [0.4, 0.5) is 0 Å². The van der Waals surface area contributed by atoms with Crippen LogP contribution in [-0.4, -0.2) is 23.4 Å². The van der Waals surface area contributed by atoms with Crippen LogP contribution in [0.2, 0.25) is 0 Å². The van der Waals surface area contributed by atoms with Gasteiger partial charge in [0.05, 0.1) is 0 Å². The minimum atomic E-state index is 0.376. The first-order valence-corrected chi connectivity index (χ1v) is 6.09. The van der Waals surface area contributed by atoms with Crippen molar-refractivity contribution in [2.75, 3.05) is 6.54 Å². The summed E-state index contributed by atoms with van der Waals surface area (Å²) < 4.78 is 0. The van der Waals surface area contributed by atoms with Crippen molar-refractivity contribution in [2.24, 2.45) is 0 Å². The van der Waals surface area contributed by atoms with Crippen molar-refractivity contribution < 1.29 is 4.79 Å². The van der Waals surface area contributed by atoms with Crippen LogP contribution in [0.15, 0.2) is 0 Å². The molecule has 1 saturated heterocycles. The molecule has 1 amide bonds. The Labute approximate surface area is 87.7 Å². The maximum atomic E-state index is 11.8. The third-order valence-corrected chi connectivity index (χ3v) is 3.13. The van der Waals surface area contributed by atoms with E-state index in [2.05, 4.69) is 18.7 Å². The van der Waals surface area contributed by atoms with Crippen molar-refractivity contribution in [1.82, 2.24) is 4.90 Å². The third kappa shape index (κ3) is 3.00. The minimum absolute atomic E-state index is 0.376. The van der Waals surface area contributed by atoms with Gasteiger partial charge in [0.25, 0.3) is 0 Å². The van der Waals surface area contributed by atoms with E-state index in [0.29, 0.717) is 11.9 Å². The summed E-state index contributed by atoms with van der Waals surface area (Å²) >= 11 is 0. The number of nitrogens with zero attached hydrogens (tertiary/aromatic N) is 1. The fraction of sp³-hybridized carbons (Fsp3) is 0.917. The van der Waals surface area contributed by atoms with E-state index >= 15 is 0 Å². The molecule has 0 aromatic rings. The first-order valence-electron chi connectivity index (χ1n) is 6.09. The lowest BCUT2D eigenvalue weighted by atomic mass is 10.1. The van der Waals surface area contributed by atoms with Gasteiger partial charge in [0.2, 0.25) is 5.91 Å². The number of hydrogen-bond donors (Lipinski definition) is 0. The highest BCUT2D eigenvalue weighted by Gasteiger charge is 2.22. The van der Waals surface area contributed by atoms with Crippen LogP contribution in [0.3, 0.4) is 0 Å². The number of carbonyl (C=O) groups excluding carboxylic acids is 1. The van der Waals surface area contributed by atoms with E-state index in [0.717, 1.165) is 25.8 Å². The summed E-state index contributed by atoms with van der Waals surface area (Å²) in [5.74, 6) is 0.376. The average Bonchev–Trinajstić information content (AvgIpc) is 2.42. The average molecular weight is 197 g/mol. The predicted molar refractivity (Wildman–Crippen MR) is 59.2 cm³/mol. The molecule has 1 aliphatic rings. The first-order chi connectivity index (χ1) is 6.79. The zero-order valence-electron chi connectivity index (χ0n) is 9.59. The molecule has 0 radical (unpaired) electrons. The molecule has 1 fully saturated rings. The first kappa shape index (κ1) is 11.5. The predicted octanol–water partition coefficient (Wildman–Crippen LogP) is 2.97. The van der Waals surface area contributed by atoms with Crippen LogP contribution in [0.1, 0.15) is 58.8 Å². The van der Waals surface area contributed by atoms with E-state index < -0.39 is 0 Å². The van der Waals surface area contributed by atoms with Gasteiger partial charge in [-0.25, -0.2) is 0 Å². The quantitative estimate of drug-likeness (QED) is 0.681. The standard InChI is InChI=1S/C12H23NO/c1-3-8-12(14)13-10-7-5-6-9-11(13)4-2/h11H,3-10H2,1-2H3. The fourth-order valence-corrected chi connectivity index (χ4v) is 2.29. The molecular weight excluding hydrogens is 174 g/mol. The number of likely N-dealkylation sites (tertiary alicyclic amines) is 1. The van der Waals surface area contributed by atoms with Crippen LogP contribution in [-0.2, 0) is 4.79 Å². The van der Waals surface area contributed by atoms with E-state index in [-0.39, 0.29) is 0 Å². The molecule has 82 valence electrons. The van der Waals surface area contributed by atoms with Crippen molar-refractivity contribution in [2.45, 2.75) is 64.8 Å². The Morgan fingerprint density at radius 2 is 2.07 bits per heavy atom. The molecule has 0 aromatic carbocycles. The van der Waals surface area contributed by atoms with Gasteiger partial charge in [-0.2, -0.15) is 0 Å². The highest BCUT2D eigenvalue weighted by atomic mass is 16.2. The smallest absolute Gasteiger partial charge is 0.222 e. The lowest BCUT2D eigenvalue weighted by Gasteiger charge is -2.29. The van der Waals surface area contributed by atoms with Gasteiger partial charge in [-0.3, -0.25) is 4.79 Å². The minimum Gasteiger partial charge on any atom is -0.340 e. The zero-order valence-corrected chi connectivity index (χ0v) is 9.59. The largest absolute Gasteiger partial charge is 0.340 e. The van der Waals surface area contributed by atoms with E-state index in [1.165, 1.54) is 25.7 Å². The summed E-state index contributed by atoms with van der Waals surface area (Å²) in [6, 6.07) is 0.525. The molecule has 2 nitrogen and oxygen atoms in total. The summed E-state index contributed by atoms with van der Waals surface area (Å²) in [5, 5.41) is 0. The Hall–Kier alpha value is -0.530. The van der Waals surface area contributed by atoms with E-state index in [4.69, 9.17) is 0 Å². The Morgan fingerprint density at radius 1 is 1.29 bits per heavy atom. The Morgan fingerprint density at radius 3 is 2.71 bits per heavy atom. The van der Waals surface area contributed by atoms with Gasteiger partial charge in [0.15, 0.2) is 0 Å². The number of amides is 1. The van der Waals surface area contributed by atoms with Gasteiger partial charge < -0.3 is 4.90 Å². The third-order valence-electron chi connectivity index (χ3n) is 3.13. The normalized spacial score (nSPS) is 23.3. The molecule has 0 spiro atoms. The molecule has 1 heterocycles. The summed E-state index contributed by atoms with van der Waals surface area (Å²) in [5.41, 5.74) is 0.